The van der Waals surface area contributed by atoms with Crippen LogP contribution in [0.4, 0.5) is 5.95 Å². The van der Waals surface area contributed by atoms with Crippen molar-refractivity contribution in [3.05, 3.63) is 69.8 Å². The average Bonchev–Trinajstić information content (AvgIpc) is 2.84. The zero-order valence-corrected chi connectivity index (χ0v) is 17.3. The molecule has 3 aromatic rings. The highest BCUT2D eigenvalue weighted by molar-refractivity contribution is 9.10. The lowest BCUT2D eigenvalue weighted by atomic mass is 10.1. The predicted octanol–water partition coefficient (Wildman–Crippen LogP) is 0.865. The molecule has 0 spiro atoms. The van der Waals surface area contributed by atoms with Crippen LogP contribution in [-0.4, -0.2) is 10.4 Å². The lowest BCUT2D eigenvalue weighted by molar-refractivity contribution is -0.667. The van der Waals surface area contributed by atoms with Crippen LogP contribution < -0.4 is 27.3 Å². The number of nitrogens with zero attached hydrogens (tertiary/aromatic N) is 2. The maximum Gasteiger partial charge on any atom is 0.355 e. The van der Waals surface area contributed by atoms with E-state index < -0.39 is 0 Å². The van der Waals surface area contributed by atoms with Gasteiger partial charge >= 0.3 is 5.95 Å². The number of carbonyl (C=O) groups excluding carboxylic acids is 1. The van der Waals surface area contributed by atoms with Crippen LogP contribution in [0.2, 0.25) is 5.02 Å². The van der Waals surface area contributed by atoms with Crippen molar-refractivity contribution in [1.82, 2.24) is 4.57 Å². The second-order valence-corrected chi connectivity index (χ2v) is 6.85. The fraction of sp³-hybridized carbons (Fsp3) is 0.111. The quantitative estimate of drug-likeness (QED) is 0.441. The molecule has 0 amide bonds. The molecule has 0 fully saturated rings. The first kappa shape index (κ1) is 19.7. The van der Waals surface area contributed by atoms with E-state index in [0.717, 1.165) is 15.7 Å². The minimum Gasteiger partial charge on any atom is -1.00 e. The molecule has 1 heterocycles. The average molecular weight is 486 g/mol. The zero-order valence-electron chi connectivity index (χ0n) is 13.4. The molecule has 4 nitrogen and oxygen atoms in total. The number of Topliss-reactive ketones (excluding diaryl/α,β-unsaturated/α-hetero) is 1. The highest BCUT2D eigenvalue weighted by Gasteiger charge is 2.20. The van der Waals surface area contributed by atoms with E-state index in [9.17, 15) is 4.79 Å². The summed E-state index contributed by atoms with van der Waals surface area (Å²) in [5.41, 5.74) is 8.71. The van der Waals surface area contributed by atoms with E-state index in [0.29, 0.717) is 16.5 Å². The van der Waals surface area contributed by atoms with Crippen LogP contribution in [0.5, 0.6) is 0 Å². The monoisotopic (exact) mass is 483 g/mol. The van der Waals surface area contributed by atoms with Gasteiger partial charge in [-0.15, -0.1) is 0 Å². The standard InChI is InChI=1S/C18H15BrClN3O.BrH/c1-22-16(12-5-7-14(19)8-6-12)10-23(18(22)21)11-17(24)13-3-2-4-15(20)9-13;/h2-10,21H,11H2,1H3;1H. The molecule has 0 aliphatic heterocycles. The van der Waals surface area contributed by atoms with Crippen LogP contribution >= 0.6 is 27.5 Å². The molecule has 0 saturated carbocycles. The fourth-order valence-corrected chi connectivity index (χ4v) is 2.99. The fourth-order valence-electron chi connectivity index (χ4n) is 2.54. The van der Waals surface area contributed by atoms with Gasteiger partial charge in [0, 0.05) is 20.6 Å². The van der Waals surface area contributed by atoms with Gasteiger partial charge in [-0.1, -0.05) is 51.8 Å². The van der Waals surface area contributed by atoms with Gasteiger partial charge in [-0.2, -0.15) is 0 Å². The van der Waals surface area contributed by atoms with Gasteiger partial charge in [-0.3, -0.25) is 10.5 Å². The minimum absolute atomic E-state index is 0. The van der Waals surface area contributed by atoms with Crippen molar-refractivity contribution in [3.8, 4) is 11.3 Å². The summed E-state index contributed by atoms with van der Waals surface area (Å²) in [4.78, 5) is 12.5. The summed E-state index contributed by atoms with van der Waals surface area (Å²) in [7, 11) is 1.88. The van der Waals surface area contributed by atoms with Gasteiger partial charge in [-0.05, 0) is 24.3 Å². The van der Waals surface area contributed by atoms with Crippen molar-refractivity contribution < 1.29 is 26.3 Å². The molecule has 0 aliphatic carbocycles. The molecule has 2 aromatic carbocycles. The second kappa shape index (κ2) is 8.17. The Labute approximate surface area is 170 Å². The molecule has 0 radical (unpaired) electrons. The van der Waals surface area contributed by atoms with Crippen LogP contribution in [-0.2, 0) is 13.6 Å². The molecule has 3 rings (SSSR count). The largest absolute Gasteiger partial charge is 1.00 e. The van der Waals surface area contributed by atoms with E-state index in [2.05, 4.69) is 15.9 Å². The van der Waals surface area contributed by atoms with Crippen LogP contribution in [0, 0.1) is 0 Å². The van der Waals surface area contributed by atoms with E-state index in [4.69, 9.17) is 17.3 Å². The normalized spacial score (nSPS) is 10.4. The number of halogens is 3. The Morgan fingerprint density at radius 3 is 2.56 bits per heavy atom. The van der Waals surface area contributed by atoms with E-state index >= 15 is 0 Å². The number of nitrogens with two attached hydrogens (primary N) is 1. The molecule has 0 saturated heterocycles. The van der Waals surface area contributed by atoms with Crippen LogP contribution in [0.25, 0.3) is 11.3 Å². The molecule has 25 heavy (non-hydrogen) atoms. The summed E-state index contributed by atoms with van der Waals surface area (Å²) in [5.74, 6) is 0.477. The number of benzene rings is 2. The van der Waals surface area contributed by atoms with Gasteiger partial charge in [-0.25, -0.2) is 9.13 Å². The van der Waals surface area contributed by atoms with Crippen LogP contribution in [0.3, 0.4) is 0 Å². The Bertz CT molecular complexity index is 907. The highest BCUT2D eigenvalue weighted by Crippen LogP contribution is 2.22. The van der Waals surface area contributed by atoms with Gasteiger partial charge < -0.3 is 17.0 Å². The molecule has 0 unspecified atom stereocenters. The summed E-state index contributed by atoms with van der Waals surface area (Å²) in [6.07, 6.45) is 1.89. The van der Waals surface area contributed by atoms with Gasteiger partial charge in [0.25, 0.3) is 0 Å². The Hall–Kier alpha value is -1.63. The van der Waals surface area contributed by atoms with E-state index in [1.807, 2.05) is 42.1 Å². The number of nitrogen functional groups attached to an aromatic ring is 1. The number of imidazole rings is 1. The number of anilines is 1. The first-order valence-electron chi connectivity index (χ1n) is 7.35. The second-order valence-electron chi connectivity index (χ2n) is 5.50. The van der Waals surface area contributed by atoms with Crippen molar-refractivity contribution in [2.45, 2.75) is 6.54 Å². The Balaban J connectivity index is 0.00000225. The zero-order chi connectivity index (χ0) is 17.3. The van der Waals surface area contributed by atoms with Crippen LogP contribution in [0.15, 0.2) is 59.2 Å². The summed E-state index contributed by atoms with van der Waals surface area (Å²) in [6.45, 7) is 0.163. The maximum absolute atomic E-state index is 12.5. The molecule has 2 N–H and O–H groups in total. The Morgan fingerprint density at radius 1 is 1.24 bits per heavy atom. The summed E-state index contributed by atoms with van der Waals surface area (Å²) < 4.78 is 4.63. The number of carbonyl (C=O) groups is 1. The van der Waals surface area contributed by atoms with Gasteiger partial charge in [0.2, 0.25) is 0 Å². The minimum atomic E-state index is -0.0397. The smallest absolute Gasteiger partial charge is 0.355 e. The molecule has 0 aliphatic rings. The molecule has 7 heteroatoms. The van der Waals surface area contributed by atoms with Crippen molar-refractivity contribution in [1.29, 1.82) is 0 Å². The van der Waals surface area contributed by atoms with Crippen molar-refractivity contribution >= 4 is 39.3 Å². The number of aromatic nitrogens is 2. The van der Waals surface area contributed by atoms with E-state index in [-0.39, 0.29) is 29.3 Å². The highest BCUT2D eigenvalue weighted by atomic mass is 79.9. The van der Waals surface area contributed by atoms with E-state index in [1.54, 1.807) is 28.8 Å². The molecule has 0 atom stereocenters. The van der Waals surface area contributed by atoms with Crippen LogP contribution in [0.1, 0.15) is 10.4 Å². The topological polar surface area (TPSA) is 51.9 Å². The first-order chi connectivity index (χ1) is 11.5. The summed E-state index contributed by atoms with van der Waals surface area (Å²) in [5, 5.41) is 0.544. The molecular weight excluding hydrogens is 469 g/mol. The van der Waals surface area contributed by atoms with Crippen molar-refractivity contribution in [2.75, 3.05) is 5.73 Å². The lowest BCUT2D eigenvalue weighted by Gasteiger charge is -2.01. The Morgan fingerprint density at radius 2 is 1.92 bits per heavy atom. The molecule has 130 valence electrons. The maximum atomic E-state index is 12.5. The van der Waals surface area contributed by atoms with Gasteiger partial charge in [0.15, 0.2) is 5.78 Å². The summed E-state index contributed by atoms with van der Waals surface area (Å²) in [6, 6.07) is 14.9. The van der Waals surface area contributed by atoms with Gasteiger partial charge in [0.1, 0.15) is 18.4 Å². The van der Waals surface area contributed by atoms with Gasteiger partial charge in [0.05, 0.1) is 7.05 Å². The number of hydrogen-bond donors (Lipinski definition) is 1. The Kier molecular flexibility index (Phi) is 6.43. The van der Waals surface area contributed by atoms with Crippen molar-refractivity contribution in [2.24, 2.45) is 7.05 Å². The third-order valence-corrected chi connectivity index (χ3v) is 4.64. The molecular formula is C18H16Br2ClN3O. The third kappa shape index (κ3) is 4.32. The predicted molar refractivity (Wildman–Crippen MR) is 98.9 cm³/mol. The number of ketones is 1. The summed E-state index contributed by atoms with van der Waals surface area (Å²) >= 11 is 9.38. The number of hydrogen-bond acceptors (Lipinski definition) is 2. The first-order valence-corrected chi connectivity index (χ1v) is 8.52. The van der Waals surface area contributed by atoms with Crippen molar-refractivity contribution in [3.63, 3.8) is 0 Å². The lowest BCUT2D eigenvalue weighted by Crippen LogP contribution is -3.00. The van der Waals surface area contributed by atoms with E-state index in [1.165, 1.54) is 0 Å². The molecule has 0 bridgehead atoms. The third-order valence-electron chi connectivity index (χ3n) is 3.88. The number of rotatable bonds is 4. The molecule has 1 aromatic heterocycles. The SMILES string of the molecule is Cn1c(-c2ccc(Br)cc2)c[n+](CC(=O)c2cccc(Cl)c2)c1N.[Br-].